The molecular weight excluding hydrogens is 478 g/mol. The van der Waals surface area contributed by atoms with Crippen LogP contribution in [0.5, 0.6) is 11.9 Å². The van der Waals surface area contributed by atoms with Gasteiger partial charge >= 0.3 is 6.01 Å². The average molecular weight is 518 g/mol. The predicted octanol–water partition coefficient (Wildman–Crippen LogP) is 3.65. The van der Waals surface area contributed by atoms with Crippen LogP contribution >= 0.6 is 0 Å². The predicted molar refractivity (Wildman–Crippen MR) is 147 cm³/mol. The van der Waals surface area contributed by atoms with Crippen molar-refractivity contribution in [3.8, 4) is 11.9 Å². The van der Waals surface area contributed by atoms with Gasteiger partial charge in [-0.2, -0.15) is 9.97 Å². The van der Waals surface area contributed by atoms with Crippen LogP contribution in [0.4, 0.5) is 5.82 Å². The van der Waals surface area contributed by atoms with Gasteiger partial charge in [-0.15, -0.1) is 0 Å². The van der Waals surface area contributed by atoms with E-state index < -0.39 is 0 Å². The van der Waals surface area contributed by atoms with Crippen LogP contribution in [-0.2, 0) is 23.2 Å². The van der Waals surface area contributed by atoms with E-state index in [4.69, 9.17) is 19.4 Å². The highest BCUT2D eigenvalue weighted by Gasteiger charge is 2.44. The number of nitrogens with zero attached hydrogens (tertiary/aromatic N) is 5. The van der Waals surface area contributed by atoms with E-state index in [0.29, 0.717) is 50.7 Å². The van der Waals surface area contributed by atoms with Gasteiger partial charge in [-0.25, -0.2) is 0 Å². The molecular formula is C30H39N5O3. The normalized spacial score (nSPS) is 25.1. The van der Waals surface area contributed by atoms with E-state index in [1.54, 1.807) is 0 Å². The summed E-state index contributed by atoms with van der Waals surface area (Å²) in [6, 6.07) is 7.39. The van der Waals surface area contributed by atoms with Gasteiger partial charge in [0.25, 0.3) is 0 Å². The highest BCUT2D eigenvalue weighted by molar-refractivity contribution is 5.87. The van der Waals surface area contributed by atoms with Gasteiger partial charge < -0.3 is 24.2 Å². The summed E-state index contributed by atoms with van der Waals surface area (Å²) in [6.07, 6.45) is 8.69. The van der Waals surface area contributed by atoms with Crippen LogP contribution in [0.15, 0.2) is 30.9 Å². The zero-order valence-electron chi connectivity index (χ0n) is 22.7. The van der Waals surface area contributed by atoms with Crippen molar-refractivity contribution >= 4 is 11.7 Å². The van der Waals surface area contributed by atoms with Gasteiger partial charge in [0.05, 0.1) is 5.56 Å². The minimum atomic E-state index is -0.352. The van der Waals surface area contributed by atoms with E-state index in [-0.39, 0.29) is 11.5 Å². The molecule has 2 saturated heterocycles. The Balaban J connectivity index is 1.33. The molecule has 6 rings (SSSR count). The molecule has 1 amide bonds. The number of aromatic nitrogens is 2. The summed E-state index contributed by atoms with van der Waals surface area (Å²) in [6.45, 7) is 10.2. The number of carbonyl (C=O) groups excluding carboxylic acids is 1. The smallest absolute Gasteiger partial charge is 0.321 e. The zero-order valence-corrected chi connectivity index (χ0v) is 22.7. The highest BCUT2D eigenvalue weighted by atomic mass is 16.5. The van der Waals surface area contributed by atoms with E-state index in [9.17, 15) is 4.79 Å². The molecule has 1 aromatic carbocycles. The lowest BCUT2D eigenvalue weighted by Gasteiger charge is -2.44. The van der Waals surface area contributed by atoms with Crippen molar-refractivity contribution in [2.24, 2.45) is 0 Å². The van der Waals surface area contributed by atoms with Crippen LogP contribution in [0, 0.1) is 6.92 Å². The fourth-order valence-corrected chi connectivity index (χ4v) is 6.88. The third-order valence-electron chi connectivity index (χ3n) is 8.98. The maximum atomic E-state index is 12.2. The van der Waals surface area contributed by atoms with Crippen LogP contribution in [0.1, 0.15) is 54.4 Å². The Morgan fingerprint density at radius 1 is 1.16 bits per heavy atom. The first-order valence-corrected chi connectivity index (χ1v) is 14.2. The minimum Gasteiger partial charge on any atom is -0.466 e. The Hall–Kier alpha value is -3.13. The molecule has 1 aromatic heterocycles. The molecule has 0 saturated carbocycles. The molecule has 0 bridgehead atoms. The number of ether oxygens (including phenoxy) is 2. The largest absolute Gasteiger partial charge is 0.466 e. The topological polar surface area (TPSA) is 71.0 Å². The quantitative estimate of drug-likeness (QED) is 0.561. The Bertz CT molecular complexity index is 1220. The molecule has 202 valence electrons. The first-order chi connectivity index (χ1) is 18.5. The monoisotopic (exact) mass is 517 g/mol. The van der Waals surface area contributed by atoms with E-state index in [1.807, 2.05) is 4.90 Å². The number of fused-ring (bicyclic) bond motifs is 3. The summed E-state index contributed by atoms with van der Waals surface area (Å²) in [7, 11) is 2.15. The Labute approximate surface area is 225 Å². The first kappa shape index (κ1) is 25.2. The maximum Gasteiger partial charge on any atom is 0.321 e. The number of likely N-dealkylation sites (N-methyl/N-ethyl adjacent to an activating group) is 1. The fraction of sp³-hybridized carbons (Fsp3) is 0.567. The second-order valence-electron chi connectivity index (χ2n) is 11.3. The van der Waals surface area contributed by atoms with Crippen molar-refractivity contribution in [3.05, 3.63) is 53.1 Å². The standard InChI is InChI=1S/C30H39N5O3/c1-4-25(36)34-16-18-35(19-17-34)27-24-12-14-30(13-6-10-22-9-5-8-21(2)26(22)30)38-28(24)32-29(31-27)37-20-23-11-7-15-33(23)3/h4-5,8-9,23H,1,6-7,10-20H2,2-3H3/t23-,30?/m0/s1. The molecule has 2 fully saturated rings. The molecule has 2 aromatic rings. The number of benzene rings is 1. The van der Waals surface area contributed by atoms with Gasteiger partial charge in [0.1, 0.15) is 18.0 Å². The Morgan fingerprint density at radius 3 is 2.76 bits per heavy atom. The third-order valence-corrected chi connectivity index (χ3v) is 8.98. The van der Waals surface area contributed by atoms with Crippen LogP contribution < -0.4 is 14.4 Å². The van der Waals surface area contributed by atoms with E-state index in [0.717, 1.165) is 56.5 Å². The summed E-state index contributed by atoms with van der Waals surface area (Å²) >= 11 is 0. The van der Waals surface area contributed by atoms with Crippen LogP contribution in [0.3, 0.4) is 0 Å². The molecule has 4 heterocycles. The number of piperazine rings is 1. The van der Waals surface area contributed by atoms with Gasteiger partial charge in [-0.05, 0) is 82.7 Å². The number of hydrogen-bond acceptors (Lipinski definition) is 7. The van der Waals surface area contributed by atoms with Crippen LogP contribution in [-0.4, -0.2) is 78.1 Å². The molecule has 8 heteroatoms. The van der Waals surface area contributed by atoms with Gasteiger partial charge in [0.2, 0.25) is 11.8 Å². The molecule has 8 nitrogen and oxygen atoms in total. The van der Waals surface area contributed by atoms with Crippen molar-refractivity contribution in [3.63, 3.8) is 0 Å². The number of aryl methyl sites for hydroxylation is 2. The maximum absolute atomic E-state index is 12.2. The van der Waals surface area contributed by atoms with Crippen LogP contribution in [0.2, 0.25) is 0 Å². The van der Waals surface area contributed by atoms with Gasteiger partial charge in [-0.1, -0.05) is 24.8 Å². The van der Waals surface area contributed by atoms with E-state index in [1.165, 1.54) is 29.2 Å². The van der Waals surface area contributed by atoms with Gasteiger partial charge in [0, 0.05) is 37.8 Å². The lowest BCUT2D eigenvalue weighted by atomic mass is 9.73. The molecule has 3 aliphatic heterocycles. The first-order valence-electron chi connectivity index (χ1n) is 14.2. The second-order valence-corrected chi connectivity index (χ2v) is 11.3. The highest BCUT2D eigenvalue weighted by Crippen LogP contribution is 2.49. The minimum absolute atomic E-state index is 0.0179. The summed E-state index contributed by atoms with van der Waals surface area (Å²) < 4.78 is 13.2. The Kier molecular flexibility index (Phi) is 6.76. The van der Waals surface area contributed by atoms with Gasteiger partial charge in [-0.3, -0.25) is 4.79 Å². The van der Waals surface area contributed by atoms with E-state index >= 15 is 0 Å². The number of anilines is 1. The Morgan fingerprint density at radius 2 is 2.00 bits per heavy atom. The zero-order chi connectivity index (χ0) is 26.3. The second kappa shape index (κ2) is 10.2. The summed E-state index contributed by atoms with van der Waals surface area (Å²) in [5.74, 6) is 1.54. The summed E-state index contributed by atoms with van der Waals surface area (Å²) in [4.78, 5) is 28.5. The van der Waals surface area contributed by atoms with Gasteiger partial charge in [0.15, 0.2) is 0 Å². The molecule has 1 unspecified atom stereocenters. The lowest BCUT2D eigenvalue weighted by molar-refractivity contribution is -0.126. The molecule has 2 atom stereocenters. The van der Waals surface area contributed by atoms with Crippen molar-refractivity contribution < 1.29 is 14.3 Å². The number of hydrogen-bond donors (Lipinski definition) is 0. The number of amides is 1. The molecule has 4 aliphatic rings. The molecule has 1 spiro atoms. The number of likely N-dealkylation sites (tertiary alicyclic amines) is 1. The number of rotatable bonds is 5. The number of carbonyl (C=O) groups is 1. The van der Waals surface area contributed by atoms with Crippen LogP contribution in [0.25, 0.3) is 0 Å². The van der Waals surface area contributed by atoms with Crippen molar-refractivity contribution in [1.82, 2.24) is 19.8 Å². The van der Waals surface area contributed by atoms with Crippen molar-refractivity contribution in [2.45, 2.75) is 63.5 Å². The van der Waals surface area contributed by atoms with E-state index in [2.05, 4.69) is 48.5 Å². The average Bonchev–Trinajstić information content (AvgIpc) is 3.35. The third kappa shape index (κ3) is 4.53. The lowest BCUT2D eigenvalue weighted by Crippen LogP contribution is -2.49. The molecule has 0 radical (unpaired) electrons. The van der Waals surface area contributed by atoms with Crippen molar-refractivity contribution in [2.75, 3.05) is 51.3 Å². The SMILES string of the molecule is C=CC(=O)N1CCN(c2nc(OC[C@@H]3CCCN3C)nc3c2CCC2(CCCc4cccc(C)c42)O3)CC1. The molecule has 0 N–H and O–H groups in total. The van der Waals surface area contributed by atoms with Crippen molar-refractivity contribution in [1.29, 1.82) is 0 Å². The molecule has 1 aliphatic carbocycles. The fourth-order valence-electron chi connectivity index (χ4n) is 6.88. The summed E-state index contributed by atoms with van der Waals surface area (Å²) in [5, 5.41) is 0. The molecule has 38 heavy (non-hydrogen) atoms. The summed E-state index contributed by atoms with van der Waals surface area (Å²) in [5.41, 5.74) is 4.76.